The molecule has 0 aliphatic heterocycles. The van der Waals surface area contributed by atoms with Gasteiger partial charge in [0.25, 0.3) is 0 Å². The summed E-state index contributed by atoms with van der Waals surface area (Å²) in [6.07, 6.45) is 0. The molecule has 0 atom stereocenters. The molecule has 4 nitrogen and oxygen atoms in total. The van der Waals surface area contributed by atoms with Gasteiger partial charge in [-0.05, 0) is 23.1 Å². The highest BCUT2D eigenvalue weighted by atomic mass is 16.5. The van der Waals surface area contributed by atoms with E-state index in [-0.39, 0.29) is 11.3 Å². The van der Waals surface area contributed by atoms with Crippen LogP contribution in [0.5, 0.6) is 5.75 Å². The summed E-state index contributed by atoms with van der Waals surface area (Å²) in [5, 5.41) is 11.0. The lowest BCUT2D eigenvalue weighted by Gasteiger charge is -2.19. The van der Waals surface area contributed by atoms with E-state index in [0.29, 0.717) is 13.2 Å². The Labute approximate surface area is 108 Å². The maximum atomic E-state index is 10.8. The average Bonchev–Trinajstić information content (AvgIpc) is 2.33. The molecule has 0 aliphatic carbocycles. The van der Waals surface area contributed by atoms with Crippen LogP contribution in [0.25, 0.3) is 0 Å². The zero-order chi connectivity index (χ0) is 13.6. The fraction of sp³-hybridized carbons (Fsp3) is 0.500. The van der Waals surface area contributed by atoms with Gasteiger partial charge in [-0.25, -0.2) is 0 Å². The molecule has 0 saturated carbocycles. The van der Waals surface area contributed by atoms with Gasteiger partial charge < -0.3 is 15.2 Å². The topological polar surface area (TPSA) is 58.6 Å². The van der Waals surface area contributed by atoms with Crippen molar-refractivity contribution in [3.8, 4) is 5.75 Å². The van der Waals surface area contributed by atoms with Crippen LogP contribution in [0.2, 0.25) is 0 Å². The molecule has 18 heavy (non-hydrogen) atoms. The van der Waals surface area contributed by atoms with Crippen LogP contribution in [0, 0.1) is 0 Å². The molecular weight excluding hydrogens is 230 g/mol. The monoisotopic (exact) mass is 251 g/mol. The van der Waals surface area contributed by atoms with Gasteiger partial charge in [-0.3, -0.25) is 4.79 Å². The van der Waals surface area contributed by atoms with E-state index < -0.39 is 6.61 Å². The Morgan fingerprint density at radius 2 is 1.89 bits per heavy atom. The van der Waals surface area contributed by atoms with Gasteiger partial charge in [-0.1, -0.05) is 32.9 Å². The van der Waals surface area contributed by atoms with Gasteiger partial charge in [0, 0.05) is 0 Å². The van der Waals surface area contributed by atoms with Crippen LogP contribution in [0.1, 0.15) is 26.3 Å². The molecule has 0 unspecified atom stereocenters. The van der Waals surface area contributed by atoms with E-state index in [2.05, 4.69) is 26.1 Å². The molecule has 1 aromatic rings. The Bertz CT molecular complexity index is 379. The standard InChI is InChI=1S/C14H21NO3/c1-14(2,3)11-4-6-12(7-5-11)18-9-8-15-13(17)10-16/h4-7,16H,8-10H2,1-3H3,(H,15,17). The van der Waals surface area contributed by atoms with Crippen molar-refractivity contribution in [3.63, 3.8) is 0 Å². The fourth-order valence-electron chi connectivity index (χ4n) is 1.47. The molecule has 0 fully saturated rings. The average molecular weight is 251 g/mol. The van der Waals surface area contributed by atoms with Gasteiger partial charge in [0.2, 0.25) is 5.91 Å². The van der Waals surface area contributed by atoms with Crippen molar-refractivity contribution in [2.75, 3.05) is 19.8 Å². The first kappa shape index (κ1) is 14.5. The Hall–Kier alpha value is -1.55. The molecule has 1 amide bonds. The van der Waals surface area contributed by atoms with Crippen LogP contribution in [-0.4, -0.2) is 30.8 Å². The quantitative estimate of drug-likeness (QED) is 0.779. The lowest BCUT2D eigenvalue weighted by Crippen LogP contribution is -2.30. The van der Waals surface area contributed by atoms with Crippen LogP contribution in [0.15, 0.2) is 24.3 Å². The Balaban J connectivity index is 2.38. The van der Waals surface area contributed by atoms with Crippen molar-refractivity contribution in [1.29, 1.82) is 0 Å². The van der Waals surface area contributed by atoms with Gasteiger partial charge in [-0.2, -0.15) is 0 Å². The first-order chi connectivity index (χ1) is 8.43. The predicted molar refractivity (Wildman–Crippen MR) is 70.7 cm³/mol. The molecule has 2 N–H and O–H groups in total. The molecule has 1 aromatic carbocycles. The zero-order valence-electron chi connectivity index (χ0n) is 11.2. The highest BCUT2D eigenvalue weighted by molar-refractivity contribution is 5.76. The minimum atomic E-state index is -0.486. The molecule has 0 aromatic heterocycles. The molecule has 1 rings (SSSR count). The van der Waals surface area contributed by atoms with E-state index in [9.17, 15) is 4.79 Å². The SMILES string of the molecule is CC(C)(C)c1ccc(OCCNC(=O)CO)cc1. The zero-order valence-corrected chi connectivity index (χ0v) is 11.2. The Morgan fingerprint density at radius 3 is 2.39 bits per heavy atom. The number of hydrogen-bond acceptors (Lipinski definition) is 3. The van der Waals surface area contributed by atoms with Crippen molar-refractivity contribution < 1.29 is 14.6 Å². The third kappa shape index (κ3) is 4.75. The fourth-order valence-corrected chi connectivity index (χ4v) is 1.47. The summed E-state index contributed by atoms with van der Waals surface area (Å²) in [5.74, 6) is 0.392. The minimum absolute atomic E-state index is 0.133. The lowest BCUT2D eigenvalue weighted by molar-refractivity contribution is -0.123. The third-order valence-electron chi connectivity index (χ3n) is 2.56. The number of ether oxygens (including phenoxy) is 1. The van der Waals surface area contributed by atoms with Crippen LogP contribution in [0.4, 0.5) is 0 Å². The molecule has 0 saturated heterocycles. The van der Waals surface area contributed by atoms with E-state index in [4.69, 9.17) is 9.84 Å². The van der Waals surface area contributed by atoms with E-state index >= 15 is 0 Å². The molecule has 4 heteroatoms. The van der Waals surface area contributed by atoms with E-state index in [1.165, 1.54) is 5.56 Å². The lowest BCUT2D eigenvalue weighted by atomic mass is 9.87. The van der Waals surface area contributed by atoms with Crippen LogP contribution >= 0.6 is 0 Å². The van der Waals surface area contributed by atoms with E-state index in [1.807, 2.05) is 24.3 Å². The van der Waals surface area contributed by atoms with Crippen molar-refractivity contribution in [2.24, 2.45) is 0 Å². The summed E-state index contributed by atoms with van der Waals surface area (Å²) in [7, 11) is 0. The van der Waals surface area contributed by atoms with Crippen molar-refractivity contribution in [1.82, 2.24) is 5.32 Å². The first-order valence-corrected chi connectivity index (χ1v) is 6.04. The number of carbonyl (C=O) groups is 1. The van der Waals surface area contributed by atoms with Gasteiger partial charge >= 0.3 is 0 Å². The minimum Gasteiger partial charge on any atom is -0.492 e. The molecular formula is C14H21NO3. The Kier molecular flexibility index (Phi) is 5.16. The molecule has 0 radical (unpaired) electrons. The summed E-state index contributed by atoms with van der Waals surface area (Å²) >= 11 is 0. The number of nitrogens with one attached hydrogen (secondary N) is 1. The predicted octanol–water partition coefficient (Wildman–Crippen LogP) is 1.47. The molecule has 100 valence electrons. The summed E-state index contributed by atoms with van der Waals surface area (Å²) in [4.78, 5) is 10.8. The maximum absolute atomic E-state index is 10.8. The van der Waals surface area contributed by atoms with Crippen molar-refractivity contribution in [3.05, 3.63) is 29.8 Å². The van der Waals surface area contributed by atoms with Crippen LogP contribution < -0.4 is 10.1 Å². The second-order valence-corrected chi connectivity index (χ2v) is 5.13. The normalized spacial score (nSPS) is 11.1. The number of rotatable bonds is 5. The van der Waals surface area contributed by atoms with Gasteiger partial charge in [0.1, 0.15) is 19.0 Å². The first-order valence-electron chi connectivity index (χ1n) is 6.04. The highest BCUT2D eigenvalue weighted by Gasteiger charge is 2.12. The second kappa shape index (κ2) is 6.40. The number of benzene rings is 1. The van der Waals surface area contributed by atoms with Gasteiger partial charge in [0.15, 0.2) is 0 Å². The van der Waals surface area contributed by atoms with Gasteiger partial charge in [-0.15, -0.1) is 0 Å². The van der Waals surface area contributed by atoms with Crippen molar-refractivity contribution in [2.45, 2.75) is 26.2 Å². The van der Waals surface area contributed by atoms with E-state index in [1.54, 1.807) is 0 Å². The second-order valence-electron chi connectivity index (χ2n) is 5.13. The molecule has 0 spiro atoms. The smallest absolute Gasteiger partial charge is 0.245 e. The summed E-state index contributed by atoms with van der Waals surface area (Å²) in [6, 6.07) is 7.94. The molecule has 0 heterocycles. The van der Waals surface area contributed by atoms with Crippen LogP contribution in [0.3, 0.4) is 0 Å². The molecule has 0 aliphatic rings. The third-order valence-corrected chi connectivity index (χ3v) is 2.56. The van der Waals surface area contributed by atoms with Crippen molar-refractivity contribution >= 4 is 5.91 Å². The maximum Gasteiger partial charge on any atom is 0.245 e. The van der Waals surface area contributed by atoms with E-state index in [0.717, 1.165) is 5.75 Å². The number of aliphatic hydroxyl groups is 1. The number of aliphatic hydroxyl groups excluding tert-OH is 1. The number of amides is 1. The summed E-state index contributed by atoms with van der Waals surface area (Å²) < 4.78 is 5.47. The summed E-state index contributed by atoms with van der Waals surface area (Å²) in [5.41, 5.74) is 1.39. The Morgan fingerprint density at radius 1 is 1.28 bits per heavy atom. The highest BCUT2D eigenvalue weighted by Crippen LogP contribution is 2.24. The van der Waals surface area contributed by atoms with Crippen LogP contribution in [-0.2, 0) is 10.2 Å². The number of hydrogen-bond donors (Lipinski definition) is 2. The number of carbonyl (C=O) groups excluding carboxylic acids is 1. The summed E-state index contributed by atoms with van der Waals surface area (Å²) in [6.45, 7) is 6.77. The van der Waals surface area contributed by atoms with Gasteiger partial charge in [0.05, 0.1) is 6.54 Å². The largest absolute Gasteiger partial charge is 0.492 e. The molecule has 0 bridgehead atoms.